The number of unbranched alkanes of at least 4 members (excludes halogenated alkanes) is 1. The van der Waals surface area contributed by atoms with E-state index in [0.717, 1.165) is 47.8 Å². The molecular formula is C52H66Cl2N3O3Pd. The third kappa shape index (κ3) is 14.5. The fraction of sp³-hybridized carbons (Fsp3) is 0.385. The predicted octanol–water partition coefficient (Wildman–Crippen LogP) is 15.2. The predicted molar refractivity (Wildman–Crippen MR) is 253 cm³/mol. The van der Waals surface area contributed by atoms with Gasteiger partial charge in [0.2, 0.25) is 0 Å². The van der Waals surface area contributed by atoms with Crippen molar-refractivity contribution in [3.63, 3.8) is 0 Å². The van der Waals surface area contributed by atoms with Crippen LogP contribution in [0.25, 0.3) is 11.4 Å². The summed E-state index contributed by atoms with van der Waals surface area (Å²) in [5.41, 5.74) is 11.3. The zero-order valence-electron chi connectivity index (χ0n) is 37.7. The first-order valence-corrected chi connectivity index (χ1v) is 25.5. The number of pyridine rings is 1. The van der Waals surface area contributed by atoms with Crippen molar-refractivity contribution in [2.45, 2.75) is 119 Å². The molecule has 331 valence electrons. The summed E-state index contributed by atoms with van der Waals surface area (Å²) in [4.78, 5) is 3.78. The third-order valence-corrected chi connectivity index (χ3v) is 10.5. The van der Waals surface area contributed by atoms with E-state index in [1.54, 1.807) is 12.4 Å². The van der Waals surface area contributed by atoms with E-state index in [0.29, 0.717) is 43.5 Å². The minimum atomic E-state index is -0.106. The number of ether oxygens (including phenoxy) is 3. The van der Waals surface area contributed by atoms with Gasteiger partial charge in [-0.1, -0.05) is 111 Å². The second-order valence-electron chi connectivity index (χ2n) is 16.4. The first-order chi connectivity index (χ1) is 29.4. The Morgan fingerprint density at radius 3 is 1.62 bits per heavy atom. The zero-order valence-corrected chi connectivity index (χ0v) is 40.8. The number of para-hydroxylation sites is 2. The monoisotopic (exact) mass is 956 g/mol. The molecule has 0 saturated heterocycles. The Kier molecular flexibility index (Phi) is 20.9. The normalized spacial score (nSPS) is 11.1. The molecule has 0 radical (unpaired) electrons. The SMILES string of the molecule is CCc1cc(OCc2ccccc2)cc(C)c1OCCCCOc1cn(-c2c(C(C)C)cccc2C(C)C)[cH+]n1-c1c(C(C)C)cccc1C(C)C.[Cl][Pd-][Cl].c1ccncc1. The van der Waals surface area contributed by atoms with Crippen LogP contribution in [0, 0.1) is 6.92 Å². The summed E-state index contributed by atoms with van der Waals surface area (Å²) < 4.78 is 23.9. The van der Waals surface area contributed by atoms with Crippen LogP contribution in [0.4, 0.5) is 0 Å². The first-order valence-electron chi connectivity index (χ1n) is 21.5. The number of imidazole rings is 1. The molecule has 0 aliphatic rings. The Balaban J connectivity index is 0.000000815. The maximum absolute atomic E-state index is 6.73. The fourth-order valence-electron chi connectivity index (χ4n) is 7.36. The number of rotatable bonds is 17. The number of aryl methyl sites for hydroxylation is 2. The molecule has 0 bridgehead atoms. The molecule has 4 aromatic carbocycles. The largest absolute Gasteiger partial charge is 0.265 e. The molecule has 6 nitrogen and oxygen atoms in total. The molecule has 0 unspecified atom stereocenters. The van der Waals surface area contributed by atoms with Crippen LogP contribution in [0.2, 0.25) is 0 Å². The van der Waals surface area contributed by atoms with E-state index in [2.05, 4.69) is 157 Å². The first kappa shape index (κ1) is 49.5. The summed E-state index contributed by atoms with van der Waals surface area (Å²) in [5.74, 6) is 4.22. The van der Waals surface area contributed by atoms with E-state index < -0.39 is 0 Å². The summed E-state index contributed by atoms with van der Waals surface area (Å²) in [7, 11) is 9.63. The fourth-order valence-corrected chi connectivity index (χ4v) is 7.36. The summed E-state index contributed by atoms with van der Waals surface area (Å²) in [6.07, 6.45) is 10.6. The van der Waals surface area contributed by atoms with Crippen LogP contribution in [-0.2, 0) is 29.0 Å². The number of aromatic nitrogens is 3. The molecule has 6 rings (SSSR count). The quantitative estimate of drug-likeness (QED) is 0.0519. The van der Waals surface area contributed by atoms with Crippen LogP contribution in [0.5, 0.6) is 17.4 Å². The Morgan fingerprint density at radius 1 is 0.639 bits per heavy atom. The van der Waals surface area contributed by atoms with Crippen molar-refractivity contribution in [1.82, 2.24) is 14.1 Å². The standard InChI is InChI=1S/C47H61N2O3.C5H5N.2ClH.Pd/c1-11-38-28-39(52-30-37-19-13-12-14-20-37)27-36(10)47(38)51-26-16-15-25-50-44-29-48(45-40(32(2)3)21-17-22-41(45)33(4)5)31-49(44)46-42(34(6)7)23-18-24-43(46)35(8)9;1-2-4-6-5-3-1;;;/h12-14,17-24,27-29,31-35H,11,15-16,25-26,30H2,1-10H3;1-5H;2*1H;/q+1;;;;+1/p-2. The van der Waals surface area contributed by atoms with Gasteiger partial charge in [0.15, 0.2) is 12.5 Å². The second kappa shape index (κ2) is 25.7. The van der Waals surface area contributed by atoms with Gasteiger partial charge in [-0.2, -0.15) is 4.57 Å². The Labute approximate surface area is 382 Å². The number of halogens is 2. The number of benzene rings is 4. The molecule has 2 aromatic heterocycles. The van der Waals surface area contributed by atoms with Crippen LogP contribution in [0.1, 0.15) is 138 Å². The van der Waals surface area contributed by atoms with E-state index in [9.17, 15) is 0 Å². The molecule has 0 aliphatic heterocycles. The average molecular weight is 958 g/mol. The molecule has 0 saturated carbocycles. The van der Waals surface area contributed by atoms with E-state index in [-0.39, 0.29) is 15.9 Å². The second-order valence-corrected chi connectivity index (χ2v) is 18.7. The topological polar surface area (TPSA) is 50.4 Å². The number of hydrogen-bond donors (Lipinski definition) is 0. The molecule has 0 amide bonds. The maximum Gasteiger partial charge on any atom is 0.0267 e. The number of nitrogens with zero attached hydrogens (tertiary/aromatic N) is 3. The van der Waals surface area contributed by atoms with E-state index >= 15 is 0 Å². The smallest absolute Gasteiger partial charge is 0.0267 e. The van der Waals surface area contributed by atoms with Crippen molar-refractivity contribution < 1.29 is 30.2 Å². The van der Waals surface area contributed by atoms with Crippen LogP contribution in [-0.4, -0.2) is 27.3 Å². The molecule has 0 spiro atoms. The van der Waals surface area contributed by atoms with Gasteiger partial charge in [0.05, 0.1) is 6.61 Å². The van der Waals surface area contributed by atoms with Crippen LogP contribution < -0.4 is 14.2 Å². The van der Waals surface area contributed by atoms with Crippen LogP contribution in [0.3, 0.4) is 0 Å². The van der Waals surface area contributed by atoms with Crippen LogP contribution >= 0.6 is 19.1 Å². The minimum absolute atomic E-state index is 0.106. The Bertz CT molecular complexity index is 2110. The molecule has 0 atom stereocenters. The van der Waals surface area contributed by atoms with E-state index in [1.165, 1.54) is 39.2 Å². The summed E-state index contributed by atoms with van der Waals surface area (Å²) in [5, 5.41) is 0. The van der Waals surface area contributed by atoms with Gasteiger partial charge in [-0.05, 0) is 115 Å². The van der Waals surface area contributed by atoms with Crippen molar-refractivity contribution in [2.24, 2.45) is 0 Å². The zero-order chi connectivity index (χ0) is 44.3. The van der Waals surface area contributed by atoms with E-state index in [4.69, 9.17) is 33.3 Å². The van der Waals surface area contributed by atoms with Crippen molar-refractivity contribution in [3.05, 3.63) is 161 Å². The van der Waals surface area contributed by atoms with Crippen LogP contribution in [0.15, 0.2) is 122 Å². The van der Waals surface area contributed by atoms with Gasteiger partial charge in [0.25, 0.3) is 0 Å². The molecule has 0 aliphatic carbocycles. The van der Waals surface area contributed by atoms with Gasteiger partial charge in [-0.3, -0.25) is 4.98 Å². The minimum Gasteiger partial charge on any atom is -0.265 e. The van der Waals surface area contributed by atoms with Crippen molar-refractivity contribution >= 4 is 19.1 Å². The maximum atomic E-state index is 6.73. The van der Waals surface area contributed by atoms with Gasteiger partial charge in [0, 0.05) is 34.6 Å². The molecule has 61 heavy (non-hydrogen) atoms. The third-order valence-electron chi connectivity index (χ3n) is 10.5. The van der Waals surface area contributed by atoms with Gasteiger partial charge in [-0.15, -0.1) is 0 Å². The summed E-state index contributed by atoms with van der Waals surface area (Å²) in [6, 6.07) is 33.7. The van der Waals surface area contributed by atoms with Gasteiger partial charge in [0.1, 0.15) is 36.1 Å². The average Bonchev–Trinajstić information content (AvgIpc) is 3.68. The van der Waals surface area contributed by atoms with Crippen molar-refractivity contribution in [2.75, 3.05) is 13.2 Å². The molecule has 0 fully saturated rings. The Hall–Kier alpha value is -4.12. The molecule has 2 heterocycles. The number of hydrogen-bond acceptors (Lipinski definition) is 4. The van der Waals surface area contributed by atoms with Gasteiger partial charge >= 0.3 is 40.9 Å². The van der Waals surface area contributed by atoms with Gasteiger partial charge in [-0.25, -0.2) is 4.57 Å². The Morgan fingerprint density at radius 2 is 1.15 bits per heavy atom. The molecular weight excluding hydrogens is 892 g/mol. The molecule has 0 N–H and O–H groups in total. The van der Waals surface area contributed by atoms with Gasteiger partial charge < -0.3 is 14.2 Å². The van der Waals surface area contributed by atoms with E-state index in [1.807, 2.05) is 36.4 Å². The van der Waals surface area contributed by atoms with Crippen molar-refractivity contribution in [3.8, 4) is 28.8 Å². The summed E-state index contributed by atoms with van der Waals surface area (Å²) >= 11 is -0.106. The summed E-state index contributed by atoms with van der Waals surface area (Å²) in [6.45, 7) is 24.3. The van der Waals surface area contributed by atoms with Crippen molar-refractivity contribution in [1.29, 1.82) is 0 Å². The molecule has 9 heteroatoms. The molecule has 6 aromatic rings.